The van der Waals surface area contributed by atoms with Gasteiger partial charge in [0.25, 0.3) is 5.91 Å². The lowest BCUT2D eigenvalue weighted by atomic mass is 10.1. The fourth-order valence-corrected chi connectivity index (χ4v) is 4.96. The number of amides is 1. The Hall–Kier alpha value is -3.94. The van der Waals surface area contributed by atoms with Crippen molar-refractivity contribution in [3.05, 3.63) is 71.7 Å². The highest BCUT2D eigenvalue weighted by molar-refractivity contribution is 5.97. The molecule has 8 nitrogen and oxygen atoms in total. The van der Waals surface area contributed by atoms with Crippen LogP contribution in [0, 0.1) is 12.8 Å². The van der Waals surface area contributed by atoms with E-state index in [9.17, 15) is 4.79 Å². The number of anilines is 1. The van der Waals surface area contributed by atoms with Gasteiger partial charge in [-0.05, 0) is 43.5 Å². The second-order valence-corrected chi connectivity index (χ2v) is 9.93. The van der Waals surface area contributed by atoms with Crippen LogP contribution < -0.4 is 9.64 Å². The first-order chi connectivity index (χ1) is 18.0. The molecule has 192 valence electrons. The molecule has 2 aromatic heterocycles. The number of methoxy groups -OCH3 is 1. The minimum absolute atomic E-state index is 0.000656. The molecule has 0 bridgehead atoms. The van der Waals surface area contributed by atoms with Crippen LogP contribution in [-0.2, 0) is 6.42 Å². The standard InChI is InChI=1S/C29H34N6O2/c1-20(2)19-25-30-27(26-21(3)32-35(28(26)31-25)22-11-6-5-7-12-22)33-15-10-16-34(18-17-33)29(36)23-13-8-9-14-24(23)37-4/h5-9,11-14,20H,10,15-19H2,1-4H3. The Morgan fingerprint density at radius 1 is 0.973 bits per heavy atom. The van der Waals surface area contributed by atoms with Crippen molar-refractivity contribution in [3.8, 4) is 11.4 Å². The molecule has 0 unspecified atom stereocenters. The summed E-state index contributed by atoms with van der Waals surface area (Å²) in [6.07, 6.45) is 1.63. The Labute approximate surface area is 217 Å². The molecule has 3 heterocycles. The van der Waals surface area contributed by atoms with Gasteiger partial charge in [0.15, 0.2) is 5.65 Å². The second-order valence-electron chi connectivity index (χ2n) is 9.93. The zero-order valence-corrected chi connectivity index (χ0v) is 22.0. The van der Waals surface area contributed by atoms with E-state index in [-0.39, 0.29) is 5.91 Å². The van der Waals surface area contributed by atoms with Gasteiger partial charge in [0.1, 0.15) is 17.4 Å². The number of ether oxygens (including phenoxy) is 1. The van der Waals surface area contributed by atoms with Crippen LogP contribution in [-0.4, -0.2) is 63.8 Å². The van der Waals surface area contributed by atoms with Crippen LogP contribution in [0.1, 0.15) is 42.1 Å². The number of fused-ring (bicyclic) bond motifs is 1. The summed E-state index contributed by atoms with van der Waals surface area (Å²) in [5.74, 6) is 2.76. The highest BCUT2D eigenvalue weighted by atomic mass is 16.5. The van der Waals surface area contributed by atoms with Gasteiger partial charge in [-0.3, -0.25) is 4.79 Å². The number of hydrogen-bond donors (Lipinski definition) is 0. The van der Waals surface area contributed by atoms with Gasteiger partial charge in [0.2, 0.25) is 0 Å². The van der Waals surface area contributed by atoms with E-state index in [2.05, 4.69) is 18.7 Å². The lowest BCUT2D eigenvalue weighted by Crippen LogP contribution is -2.35. The Morgan fingerprint density at radius 2 is 1.73 bits per heavy atom. The first-order valence-corrected chi connectivity index (χ1v) is 12.9. The summed E-state index contributed by atoms with van der Waals surface area (Å²) in [7, 11) is 1.60. The van der Waals surface area contributed by atoms with E-state index in [0.29, 0.717) is 36.9 Å². The molecule has 1 aliphatic rings. The highest BCUT2D eigenvalue weighted by Gasteiger charge is 2.26. The average Bonchev–Trinajstić information content (AvgIpc) is 3.07. The molecule has 1 fully saturated rings. The number of carbonyl (C=O) groups excluding carboxylic acids is 1. The Kier molecular flexibility index (Phi) is 7.08. The summed E-state index contributed by atoms with van der Waals surface area (Å²) in [5.41, 5.74) is 3.30. The van der Waals surface area contributed by atoms with E-state index >= 15 is 0 Å². The van der Waals surface area contributed by atoms with E-state index in [4.69, 9.17) is 19.8 Å². The molecular weight excluding hydrogens is 464 g/mol. The normalized spacial score (nSPS) is 14.3. The minimum Gasteiger partial charge on any atom is -0.496 e. The number of aromatic nitrogens is 4. The number of aryl methyl sites for hydroxylation is 1. The predicted octanol–water partition coefficient (Wildman–Crippen LogP) is 4.68. The molecule has 0 N–H and O–H groups in total. The lowest BCUT2D eigenvalue weighted by Gasteiger charge is -2.24. The van der Waals surface area contributed by atoms with Crippen LogP contribution in [0.25, 0.3) is 16.7 Å². The topological polar surface area (TPSA) is 76.4 Å². The molecule has 1 amide bonds. The monoisotopic (exact) mass is 498 g/mol. The van der Waals surface area contributed by atoms with Crippen molar-refractivity contribution in [2.75, 3.05) is 38.2 Å². The first-order valence-electron chi connectivity index (χ1n) is 12.9. The molecule has 4 aromatic rings. The van der Waals surface area contributed by atoms with Crippen LogP contribution in [0.15, 0.2) is 54.6 Å². The molecule has 0 saturated carbocycles. The molecule has 2 aromatic carbocycles. The van der Waals surface area contributed by atoms with Gasteiger partial charge in [0.05, 0.1) is 29.4 Å². The van der Waals surface area contributed by atoms with Gasteiger partial charge in [-0.15, -0.1) is 0 Å². The number of hydrogen-bond acceptors (Lipinski definition) is 6. The number of rotatable bonds is 6. The van der Waals surface area contributed by atoms with Crippen LogP contribution in [0.3, 0.4) is 0 Å². The fourth-order valence-electron chi connectivity index (χ4n) is 4.96. The lowest BCUT2D eigenvalue weighted by molar-refractivity contribution is 0.0763. The van der Waals surface area contributed by atoms with Crippen LogP contribution in [0.5, 0.6) is 5.75 Å². The summed E-state index contributed by atoms with van der Waals surface area (Å²) >= 11 is 0. The molecular formula is C29H34N6O2. The molecule has 37 heavy (non-hydrogen) atoms. The Bertz CT molecular complexity index is 1400. The number of benzene rings is 2. The van der Waals surface area contributed by atoms with Crippen molar-refractivity contribution in [2.45, 2.75) is 33.6 Å². The maximum atomic E-state index is 13.4. The molecule has 0 atom stereocenters. The van der Waals surface area contributed by atoms with Gasteiger partial charge < -0.3 is 14.5 Å². The second kappa shape index (κ2) is 10.6. The Morgan fingerprint density at radius 3 is 2.49 bits per heavy atom. The molecule has 5 rings (SSSR count). The van der Waals surface area contributed by atoms with Gasteiger partial charge >= 0.3 is 0 Å². The van der Waals surface area contributed by atoms with Crippen molar-refractivity contribution in [2.24, 2.45) is 5.92 Å². The largest absolute Gasteiger partial charge is 0.496 e. The third-order valence-electron chi connectivity index (χ3n) is 6.74. The fraction of sp³-hybridized carbons (Fsp3) is 0.379. The summed E-state index contributed by atoms with van der Waals surface area (Å²) in [6.45, 7) is 9.16. The molecule has 1 saturated heterocycles. The quantitative estimate of drug-likeness (QED) is 0.384. The SMILES string of the molecule is COc1ccccc1C(=O)N1CCCN(c2nc(CC(C)C)nc3c2c(C)nn3-c2ccccc2)CC1. The van der Waals surface area contributed by atoms with Crippen LogP contribution in [0.4, 0.5) is 5.82 Å². The van der Waals surface area contributed by atoms with E-state index < -0.39 is 0 Å². The number of para-hydroxylation sites is 2. The molecule has 0 spiro atoms. The van der Waals surface area contributed by atoms with Crippen LogP contribution >= 0.6 is 0 Å². The summed E-state index contributed by atoms with van der Waals surface area (Å²) in [6, 6.07) is 17.5. The number of nitrogens with zero attached hydrogens (tertiary/aromatic N) is 6. The van der Waals surface area contributed by atoms with Gasteiger partial charge in [-0.1, -0.05) is 44.2 Å². The highest BCUT2D eigenvalue weighted by Crippen LogP contribution is 2.30. The maximum Gasteiger partial charge on any atom is 0.257 e. The van der Waals surface area contributed by atoms with E-state index in [1.165, 1.54) is 0 Å². The zero-order valence-electron chi connectivity index (χ0n) is 22.0. The molecule has 0 radical (unpaired) electrons. The molecule has 0 aliphatic carbocycles. The van der Waals surface area contributed by atoms with Crippen LogP contribution in [0.2, 0.25) is 0 Å². The van der Waals surface area contributed by atoms with Crippen molar-refractivity contribution in [1.29, 1.82) is 0 Å². The summed E-state index contributed by atoms with van der Waals surface area (Å²) in [5, 5.41) is 5.84. The van der Waals surface area contributed by atoms with Crippen molar-refractivity contribution < 1.29 is 9.53 Å². The van der Waals surface area contributed by atoms with Crippen molar-refractivity contribution in [3.63, 3.8) is 0 Å². The third-order valence-corrected chi connectivity index (χ3v) is 6.74. The maximum absolute atomic E-state index is 13.4. The summed E-state index contributed by atoms with van der Waals surface area (Å²) in [4.78, 5) is 27.6. The minimum atomic E-state index is 0.000656. The summed E-state index contributed by atoms with van der Waals surface area (Å²) < 4.78 is 7.37. The van der Waals surface area contributed by atoms with Crippen molar-refractivity contribution in [1.82, 2.24) is 24.6 Å². The third kappa shape index (κ3) is 5.01. The van der Waals surface area contributed by atoms with E-state index in [1.807, 2.05) is 71.1 Å². The van der Waals surface area contributed by atoms with Gasteiger partial charge in [-0.25, -0.2) is 14.6 Å². The van der Waals surface area contributed by atoms with Gasteiger partial charge in [-0.2, -0.15) is 5.10 Å². The Balaban J connectivity index is 1.50. The smallest absolute Gasteiger partial charge is 0.257 e. The van der Waals surface area contributed by atoms with Crippen molar-refractivity contribution >= 4 is 22.8 Å². The predicted molar refractivity (Wildman–Crippen MR) is 146 cm³/mol. The molecule has 1 aliphatic heterocycles. The van der Waals surface area contributed by atoms with Gasteiger partial charge in [0, 0.05) is 32.6 Å². The molecule has 8 heteroatoms. The first kappa shape index (κ1) is 24.7. The van der Waals surface area contributed by atoms with E-state index in [1.54, 1.807) is 7.11 Å². The van der Waals surface area contributed by atoms with E-state index in [0.717, 1.165) is 53.4 Å². The average molecular weight is 499 g/mol. The number of carbonyl (C=O) groups is 1. The zero-order chi connectivity index (χ0) is 25.9.